The number of benzene rings is 1. The predicted octanol–water partition coefficient (Wildman–Crippen LogP) is 2.10. The first kappa shape index (κ1) is 13.5. The van der Waals surface area contributed by atoms with Gasteiger partial charge >= 0.3 is 5.97 Å². The number of aliphatic hydroxyl groups is 1. The van der Waals surface area contributed by atoms with Crippen molar-refractivity contribution in [2.75, 3.05) is 0 Å². The van der Waals surface area contributed by atoms with Gasteiger partial charge in [-0.2, -0.15) is 0 Å². The highest BCUT2D eigenvalue weighted by molar-refractivity contribution is 5.82. The van der Waals surface area contributed by atoms with E-state index < -0.39 is 12.1 Å². The van der Waals surface area contributed by atoms with Crippen molar-refractivity contribution in [3.05, 3.63) is 48.0 Å². The predicted molar refractivity (Wildman–Crippen MR) is 66.5 cm³/mol. The maximum Gasteiger partial charge on any atom is 0.330 e. The summed E-state index contributed by atoms with van der Waals surface area (Å²) in [7, 11) is 0. The molecule has 0 unspecified atom stereocenters. The Labute approximate surface area is 102 Å². The Morgan fingerprint density at radius 2 is 2.00 bits per heavy atom. The van der Waals surface area contributed by atoms with Crippen molar-refractivity contribution < 1.29 is 14.6 Å². The zero-order valence-electron chi connectivity index (χ0n) is 10.2. The van der Waals surface area contributed by atoms with Crippen molar-refractivity contribution in [1.29, 1.82) is 0 Å². The Morgan fingerprint density at radius 1 is 1.35 bits per heavy atom. The minimum absolute atomic E-state index is 0.140. The second-order valence-corrected chi connectivity index (χ2v) is 4.10. The molecule has 0 fully saturated rings. The summed E-state index contributed by atoms with van der Waals surface area (Å²) in [6.07, 6.45) is 2.41. The van der Waals surface area contributed by atoms with Crippen LogP contribution >= 0.6 is 0 Å². The van der Waals surface area contributed by atoms with Gasteiger partial charge < -0.3 is 9.84 Å². The molecule has 0 aliphatic rings. The van der Waals surface area contributed by atoms with Crippen LogP contribution in [0.3, 0.4) is 0 Å². The molecule has 0 spiro atoms. The largest absolute Gasteiger partial charge is 0.460 e. The van der Waals surface area contributed by atoms with Gasteiger partial charge in [0.1, 0.15) is 0 Å². The molecule has 0 aliphatic carbocycles. The smallest absolute Gasteiger partial charge is 0.330 e. The van der Waals surface area contributed by atoms with Gasteiger partial charge in [-0.15, -0.1) is 0 Å². The van der Waals surface area contributed by atoms with E-state index in [2.05, 4.69) is 0 Å². The topological polar surface area (TPSA) is 46.5 Å². The van der Waals surface area contributed by atoms with E-state index in [1.165, 1.54) is 12.2 Å². The number of ether oxygens (including phenoxy) is 1. The minimum Gasteiger partial charge on any atom is -0.460 e. The lowest BCUT2D eigenvalue weighted by molar-refractivity contribution is -0.141. The number of carbonyl (C=O) groups is 1. The summed E-state index contributed by atoms with van der Waals surface area (Å²) in [4.78, 5) is 11.2. The third-order valence-corrected chi connectivity index (χ3v) is 2.09. The van der Waals surface area contributed by atoms with Gasteiger partial charge in [-0.3, -0.25) is 0 Å². The average Bonchev–Trinajstić information content (AvgIpc) is 2.27. The van der Waals surface area contributed by atoms with E-state index in [9.17, 15) is 9.90 Å². The zero-order chi connectivity index (χ0) is 12.7. The molecule has 0 aromatic heterocycles. The van der Waals surface area contributed by atoms with Crippen molar-refractivity contribution in [1.82, 2.24) is 0 Å². The first-order valence-corrected chi connectivity index (χ1v) is 5.68. The summed E-state index contributed by atoms with van der Waals surface area (Å²) >= 11 is 0. The second kappa shape index (κ2) is 6.86. The van der Waals surface area contributed by atoms with Gasteiger partial charge in [-0.25, -0.2) is 4.79 Å². The van der Waals surface area contributed by atoms with Gasteiger partial charge in [0.05, 0.1) is 12.2 Å². The molecule has 0 saturated carbocycles. The molecular formula is C14H18O3. The minimum atomic E-state index is -0.669. The Morgan fingerprint density at radius 3 is 2.59 bits per heavy atom. The van der Waals surface area contributed by atoms with Crippen molar-refractivity contribution >= 4 is 5.97 Å². The van der Waals surface area contributed by atoms with Crippen LogP contribution in [-0.2, 0) is 16.0 Å². The maximum atomic E-state index is 11.2. The molecule has 1 aromatic rings. The molecule has 1 N–H and O–H groups in total. The van der Waals surface area contributed by atoms with E-state index in [1.807, 2.05) is 30.3 Å². The quantitative estimate of drug-likeness (QED) is 0.627. The van der Waals surface area contributed by atoms with Crippen LogP contribution in [0.5, 0.6) is 0 Å². The van der Waals surface area contributed by atoms with Crippen LogP contribution in [0.2, 0.25) is 0 Å². The molecule has 1 rings (SSSR count). The molecule has 1 atom stereocenters. The third-order valence-electron chi connectivity index (χ3n) is 2.09. The Balaban J connectivity index is 2.41. The molecule has 1 aromatic carbocycles. The molecule has 17 heavy (non-hydrogen) atoms. The zero-order valence-corrected chi connectivity index (χ0v) is 10.2. The highest BCUT2D eigenvalue weighted by Crippen LogP contribution is 2.04. The first-order chi connectivity index (χ1) is 8.08. The highest BCUT2D eigenvalue weighted by atomic mass is 16.5. The Hall–Kier alpha value is -1.61. The number of carbonyl (C=O) groups excluding carboxylic acids is 1. The van der Waals surface area contributed by atoms with Gasteiger partial charge in [0.2, 0.25) is 0 Å². The van der Waals surface area contributed by atoms with E-state index in [4.69, 9.17) is 4.74 Å². The van der Waals surface area contributed by atoms with E-state index in [0.717, 1.165) is 5.56 Å². The molecule has 3 heteroatoms. The second-order valence-electron chi connectivity index (χ2n) is 4.10. The molecule has 0 radical (unpaired) electrons. The van der Waals surface area contributed by atoms with E-state index >= 15 is 0 Å². The summed E-state index contributed by atoms with van der Waals surface area (Å²) < 4.78 is 4.91. The van der Waals surface area contributed by atoms with Crippen LogP contribution in [0.15, 0.2) is 42.5 Å². The monoisotopic (exact) mass is 234 g/mol. The molecule has 92 valence electrons. The van der Waals surface area contributed by atoms with E-state index in [1.54, 1.807) is 13.8 Å². The molecule has 0 amide bonds. The van der Waals surface area contributed by atoms with Gasteiger partial charge in [0.15, 0.2) is 0 Å². The van der Waals surface area contributed by atoms with Crippen LogP contribution in [-0.4, -0.2) is 23.3 Å². The Bertz CT molecular complexity index is 368. The summed E-state index contributed by atoms with van der Waals surface area (Å²) in [6.45, 7) is 3.57. The standard InChI is InChI=1S/C14H18O3/c1-11(2)17-14(16)9-8-13(15)10-12-6-4-3-5-7-12/h3-9,11,13,15H,10H2,1-2H3/b9-8+/t13-/m0/s1. The Kier molecular flexibility index (Phi) is 5.43. The molecule has 0 heterocycles. The molecule has 0 bridgehead atoms. The summed E-state index contributed by atoms with van der Waals surface area (Å²) in [5.41, 5.74) is 1.03. The van der Waals surface area contributed by atoms with Gasteiger partial charge in [-0.1, -0.05) is 30.3 Å². The van der Waals surface area contributed by atoms with E-state index in [0.29, 0.717) is 6.42 Å². The van der Waals surface area contributed by atoms with Crippen molar-refractivity contribution in [3.8, 4) is 0 Å². The van der Waals surface area contributed by atoms with Crippen molar-refractivity contribution in [2.24, 2.45) is 0 Å². The SMILES string of the molecule is CC(C)OC(=O)/C=C/[C@H](O)Cc1ccccc1. The number of hydrogen-bond acceptors (Lipinski definition) is 3. The average molecular weight is 234 g/mol. The van der Waals surface area contributed by atoms with Crippen molar-refractivity contribution in [3.63, 3.8) is 0 Å². The summed E-state index contributed by atoms with van der Waals surface area (Å²) in [5, 5.41) is 9.69. The fraction of sp³-hybridized carbons (Fsp3) is 0.357. The maximum absolute atomic E-state index is 11.2. The lowest BCUT2D eigenvalue weighted by Crippen LogP contribution is -2.11. The lowest BCUT2D eigenvalue weighted by atomic mass is 10.1. The van der Waals surface area contributed by atoms with Crippen LogP contribution in [0.1, 0.15) is 19.4 Å². The van der Waals surface area contributed by atoms with Crippen LogP contribution in [0.4, 0.5) is 0 Å². The summed E-state index contributed by atoms with van der Waals surface area (Å²) in [5.74, 6) is -0.424. The normalized spacial score (nSPS) is 12.9. The van der Waals surface area contributed by atoms with Crippen LogP contribution in [0, 0.1) is 0 Å². The van der Waals surface area contributed by atoms with Gasteiger partial charge in [0.25, 0.3) is 0 Å². The van der Waals surface area contributed by atoms with Gasteiger partial charge in [0, 0.05) is 12.5 Å². The fourth-order valence-electron chi connectivity index (χ4n) is 1.38. The molecular weight excluding hydrogens is 216 g/mol. The number of hydrogen-bond donors (Lipinski definition) is 1. The summed E-state index contributed by atoms with van der Waals surface area (Å²) in [6, 6.07) is 9.62. The molecule has 0 aliphatic heterocycles. The van der Waals surface area contributed by atoms with E-state index in [-0.39, 0.29) is 6.10 Å². The number of aliphatic hydroxyl groups excluding tert-OH is 1. The van der Waals surface area contributed by atoms with Crippen molar-refractivity contribution in [2.45, 2.75) is 32.5 Å². The first-order valence-electron chi connectivity index (χ1n) is 5.68. The lowest BCUT2D eigenvalue weighted by Gasteiger charge is -2.06. The fourth-order valence-corrected chi connectivity index (χ4v) is 1.38. The van der Waals surface area contributed by atoms with Crippen LogP contribution in [0.25, 0.3) is 0 Å². The molecule has 3 nitrogen and oxygen atoms in total. The van der Waals surface area contributed by atoms with Gasteiger partial charge in [-0.05, 0) is 25.5 Å². The number of rotatable bonds is 5. The third kappa shape index (κ3) is 5.88. The molecule has 0 saturated heterocycles. The van der Waals surface area contributed by atoms with Crippen LogP contribution < -0.4 is 0 Å². The number of esters is 1. The highest BCUT2D eigenvalue weighted by Gasteiger charge is 2.04.